The first-order chi connectivity index (χ1) is 10.6. The van der Waals surface area contributed by atoms with Gasteiger partial charge >= 0.3 is 0 Å². The molecule has 1 atom stereocenters. The van der Waals surface area contributed by atoms with Gasteiger partial charge in [-0.2, -0.15) is 0 Å². The zero-order valence-electron chi connectivity index (χ0n) is 13.0. The summed E-state index contributed by atoms with van der Waals surface area (Å²) in [5.41, 5.74) is 1.53. The summed E-state index contributed by atoms with van der Waals surface area (Å²) >= 11 is 0. The Labute approximate surface area is 130 Å². The van der Waals surface area contributed by atoms with Gasteiger partial charge in [-0.3, -0.25) is 4.79 Å². The lowest BCUT2D eigenvalue weighted by Gasteiger charge is -2.14. The number of benzene rings is 1. The van der Waals surface area contributed by atoms with Crippen LogP contribution in [0.25, 0.3) is 11.3 Å². The summed E-state index contributed by atoms with van der Waals surface area (Å²) in [6.45, 7) is 4.36. The molecule has 1 aromatic carbocycles. The maximum atomic E-state index is 11.8. The highest BCUT2D eigenvalue weighted by molar-refractivity contribution is 5.78. The van der Waals surface area contributed by atoms with Crippen molar-refractivity contribution in [1.29, 1.82) is 0 Å². The van der Waals surface area contributed by atoms with Crippen LogP contribution in [0, 0.1) is 5.92 Å². The molecule has 1 unspecified atom stereocenters. The van der Waals surface area contributed by atoms with Gasteiger partial charge in [0.2, 0.25) is 5.91 Å². The normalized spacial score (nSPS) is 12.4. The summed E-state index contributed by atoms with van der Waals surface area (Å²) in [4.78, 5) is 11.8. The van der Waals surface area contributed by atoms with Crippen LogP contribution in [0.5, 0.6) is 0 Å². The van der Waals surface area contributed by atoms with E-state index in [1.165, 1.54) is 0 Å². The molecular formula is C17H22N2O3. The van der Waals surface area contributed by atoms with Crippen LogP contribution in [0.2, 0.25) is 0 Å². The van der Waals surface area contributed by atoms with E-state index in [-0.39, 0.29) is 18.2 Å². The van der Waals surface area contributed by atoms with E-state index in [0.29, 0.717) is 24.4 Å². The van der Waals surface area contributed by atoms with E-state index in [4.69, 9.17) is 4.52 Å². The quantitative estimate of drug-likeness (QED) is 0.823. The molecule has 22 heavy (non-hydrogen) atoms. The lowest BCUT2D eigenvalue weighted by molar-refractivity contribution is -0.120. The van der Waals surface area contributed by atoms with Crippen molar-refractivity contribution >= 4 is 5.91 Å². The van der Waals surface area contributed by atoms with E-state index < -0.39 is 6.10 Å². The average molecular weight is 302 g/mol. The van der Waals surface area contributed by atoms with Gasteiger partial charge in [0.1, 0.15) is 0 Å². The molecule has 2 rings (SSSR count). The fourth-order valence-electron chi connectivity index (χ4n) is 2.05. The molecule has 0 aliphatic rings. The smallest absolute Gasteiger partial charge is 0.226 e. The molecule has 0 aliphatic carbocycles. The van der Waals surface area contributed by atoms with Crippen molar-refractivity contribution in [3.8, 4) is 11.3 Å². The minimum Gasteiger partial charge on any atom is -0.393 e. The topological polar surface area (TPSA) is 75.4 Å². The number of carbonyl (C=O) groups excluding carboxylic acids is 1. The molecule has 118 valence electrons. The Bertz CT molecular complexity index is 593. The Morgan fingerprint density at radius 2 is 2.05 bits per heavy atom. The first-order valence-electron chi connectivity index (χ1n) is 7.52. The minimum atomic E-state index is -0.392. The Morgan fingerprint density at radius 3 is 2.73 bits per heavy atom. The number of amides is 1. The third-order valence-electron chi connectivity index (χ3n) is 3.49. The van der Waals surface area contributed by atoms with Crippen molar-refractivity contribution in [2.45, 2.75) is 32.8 Å². The molecule has 2 aromatic rings. The molecule has 0 aliphatic heterocycles. The Balaban J connectivity index is 1.82. The van der Waals surface area contributed by atoms with E-state index in [2.05, 4.69) is 10.5 Å². The highest BCUT2D eigenvalue weighted by Gasteiger charge is 2.12. The second kappa shape index (κ2) is 7.75. The third-order valence-corrected chi connectivity index (χ3v) is 3.49. The summed E-state index contributed by atoms with van der Waals surface area (Å²) in [7, 11) is 0. The summed E-state index contributed by atoms with van der Waals surface area (Å²) in [6, 6.07) is 11.4. The summed E-state index contributed by atoms with van der Waals surface area (Å²) in [5.74, 6) is 0.725. The first kappa shape index (κ1) is 16.2. The molecule has 0 fully saturated rings. The molecule has 1 amide bonds. The lowest BCUT2D eigenvalue weighted by atomic mass is 10.0. The van der Waals surface area contributed by atoms with Gasteiger partial charge in [-0.15, -0.1) is 0 Å². The van der Waals surface area contributed by atoms with Crippen molar-refractivity contribution in [2.24, 2.45) is 5.92 Å². The second-order valence-electron chi connectivity index (χ2n) is 5.68. The Hall–Kier alpha value is -2.14. The van der Waals surface area contributed by atoms with E-state index in [0.717, 1.165) is 5.56 Å². The van der Waals surface area contributed by atoms with Gasteiger partial charge in [0.15, 0.2) is 5.76 Å². The molecular weight excluding hydrogens is 280 g/mol. The number of aromatic nitrogens is 1. The molecule has 0 radical (unpaired) electrons. The number of rotatable bonds is 7. The fraction of sp³-hybridized carbons (Fsp3) is 0.412. The van der Waals surface area contributed by atoms with Gasteiger partial charge in [0.05, 0.1) is 18.2 Å². The van der Waals surface area contributed by atoms with Gasteiger partial charge in [-0.1, -0.05) is 49.3 Å². The first-order valence-corrected chi connectivity index (χ1v) is 7.52. The van der Waals surface area contributed by atoms with Crippen LogP contribution in [0.1, 0.15) is 26.0 Å². The molecule has 0 bridgehead atoms. The largest absolute Gasteiger partial charge is 0.393 e. The number of aliphatic hydroxyl groups is 1. The molecule has 5 heteroatoms. The molecule has 0 spiro atoms. The SMILES string of the molecule is CC(C)C(O)CCNC(=O)Cc1cc(-c2ccccc2)on1. The van der Waals surface area contributed by atoms with Crippen LogP contribution >= 0.6 is 0 Å². The van der Waals surface area contributed by atoms with Gasteiger partial charge in [-0.05, 0) is 12.3 Å². The highest BCUT2D eigenvalue weighted by atomic mass is 16.5. The minimum absolute atomic E-state index is 0.121. The molecule has 0 saturated heterocycles. The molecule has 2 N–H and O–H groups in total. The van der Waals surface area contributed by atoms with E-state index in [1.807, 2.05) is 44.2 Å². The van der Waals surface area contributed by atoms with Crippen molar-refractivity contribution < 1.29 is 14.4 Å². The molecule has 1 heterocycles. The van der Waals surface area contributed by atoms with Gasteiger partial charge in [0, 0.05) is 18.2 Å². The Morgan fingerprint density at radius 1 is 1.32 bits per heavy atom. The number of nitrogens with one attached hydrogen (secondary N) is 1. The van der Waals surface area contributed by atoms with Gasteiger partial charge in [0.25, 0.3) is 0 Å². The number of nitrogens with zero attached hydrogens (tertiary/aromatic N) is 1. The lowest BCUT2D eigenvalue weighted by Crippen LogP contribution is -2.29. The van der Waals surface area contributed by atoms with Gasteiger partial charge in [-0.25, -0.2) is 0 Å². The molecule has 5 nitrogen and oxygen atoms in total. The van der Waals surface area contributed by atoms with Gasteiger partial charge < -0.3 is 14.9 Å². The molecule has 1 aromatic heterocycles. The summed E-state index contributed by atoms with van der Waals surface area (Å²) in [5, 5.41) is 16.4. The maximum absolute atomic E-state index is 11.8. The van der Waals surface area contributed by atoms with Crippen molar-refractivity contribution in [3.63, 3.8) is 0 Å². The summed E-state index contributed by atoms with van der Waals surface area (Å²) in [6.07, 6.45) is 0.336. The van der Waals surface area contributed by atoms with Crippen LogP contribution in [0.3, 0.4) is 0 Å². The van der Waals surface area contributed by atoms with Crippen molar-refractivity contribution in [3.05, 3.63) is 42.1 Å². The predicted octanol–water partition coefficient (Wildman–Crippen LogP) is 2.41. The van der Waals surface area contributed by atoms with E-state index >= 15 is 0 Å². The number of hydrogen-bond donors (Lipinski definition) is 2. The zero-order valence-corrected chi connectivity index (χ0v) is 13.0. The fourth-order valence-corrected chi connectivity index (χ4v) is 2.05. The number of carbonyl (C=O) groups is 1. The number of aliphatic hydroxyl groups excluding tert-OH is 1. The standard InChI is InChI=1S/C17H22N2O3/c1-12(2)15(20)8-9-18-17(21)11-14-10-16(22-19-14)13-6-4-3-5-7-13/h3-7,10,12,15,20H,8-9,11H2,1-2H3,(H,18,21). The van der Waals surface area contributed by atoms with Crippen LogP contribution in [0.4, 0.5) is 0 Å². The van der Waals surface area contributed by atoms with Crippen LogP contribution in [-0.4, -0.2) is 28.8 Å². The zero-order chi connectivity index (χ0) is 15.9. The van der Waals surface area contributed by atoms with Crippen molar-refractivity contribution in [2.75, 3.05) is 6.54 Å². The number of hydrogen-bond acceptors (Lipinski definition) is 4. The van der Waals surface area contributed by atoms with E-state index in [1.54, 1.807) is 6.07 Å². The van der Waals surface area contributed by atoms with Crippen LogP contribution in [0.15, 0.2) is 40.9 Å². The Kier molecular flexibility index (Phi) is 5.72. The molecule has 0 saturated carbocycles. The third kappa shape index (κ3) is 4.70. The predicted molar refractivity (Wildman–Crippen MR) is 84.1 cm³/mol. The van der Waals surface area contributed by atoms with E-state index in [9.17, 15) is 9.90 Å². The van der Waals surface area contributed by atoms with Crippen LogP contribution < -0.4 is 5.32 Å². The maximum Gasteiger partial charge on any atom is 0.226 e. The second-order valence-corrected chi connectivity index (χ2v) is 5.68. The van der Waals surface area contributed by atoms with Crippen LogP contribution in [-0.2, 0) is 11.2 Å². The average Bonchev–Trinajstić information content (AvgIpc) is 2.96. The summed E-state index contributed by atoms with van der Waals surface area (Å²) < 4.78 is 5.26. The van der Waals surface area contributed by atoms with Crippen molar-refractivity contribution in [1.82, 2.24) is 10.5 Å². The highest BCUT2D eigenvalue weighted by Crippen LogP contribution is 2.19. The monoisotopic (exact) mass is 302 g/mol.